The van der Waals surface area contributed by atoms with Gasteiger partial charge in [-0.2, -0.15) is 0 Å². The van der Waals surface area contributed by atoms with Crippen molar-refractivity contribution < 1.29 is 9.53 Å². The van der Waals surface area contributed by atoms with Crippen LogP contribution in [0.1, 0.15) is 36.0 Å². The molecule has 1 aliphatic carbocycles. The van der Waals surface area contributed by atoms with Gasteiger partial charge >= 0.3 is 0 Å². The van der Waals surface area contributed by atoms with Crippen LogP contribution in [0.5, 0.6) is 5.88 Å². The highest BCUT2D eigenvalue weighted by atomic mass is 16.5. The van der Waals surface area contributed by atoms with Gasteiger partial charge in [0.05, 0.1) is 5.56 Å². The van der Waals surface area contributed by atoms with E-state index < -0.39 is 0 Å². The fourth-order valence-electron chi connectivity index (χ4n) is 3.31. The van der Waals surface area contributed by atoms with Crippen LogP contribution in [0, 0.1) is 0 Å². The Morgan fingerprint density at radius 2 is 1.74 bits per heavy atom. The standard InChI is InChI=1S/C22H25N7O2/c30-22(16-5-8-21(26-15-16)31-18-3-1-2-4-18)25-14-13-24-19-6-7-20(29-28-19)27-17-9-11-23-12-10-17/h5-12,15,18H,1-4,13-14H2,(H,24,28)(H,25,30)(H,23,27,29). The van der Waals surface area contributed by atoms with Crippen molar-refractivity contribution in [2.45, 2.75) is 31.8 Å². The van der Waals surface area contributed by atoms with Gasteiger partial charge in [0.25, 0.3) is 5.91 Å². The Balaban J connectivity index is 1.17. The molecule has 0 saturated heterocycles. The number of hydrogen-bond donors (Lipinski definition) is 3. The number of rotatable bonds is 9. The molecule has 0 radical (unpaired) electrons. The van der Waals surface area contributed by atoms with Crippen LogP contribution >= 0.6 is 0 Å². The summed E-state index contributed by atoms with van der Waals surface area (Å²) >= 11 is 0. The molecule has 3 aromatic heterocycles. The Hall–Kier alpha value is -3.75. The van der Waals surface area contributed by atoms with Gasteiger partial charge in [-0.25, -0.2) is 4.98 Å². The molecule has 9 heteroatoms. The Labute approximate surface area is 180 Å². The van der Waals surface area contributed by atoms with Crippen LogP contribution < -0.4 is 20.7 Å². The summed E-state index contributed by atoms with van der Waals surface area (Å²) in [6.07, 6.45) is 9.77. The number of pyridine rings is 2. The fourth-order valence-corrected chi connectivity index (χ4v) is 3.31. The smallest absolute Gasteiger partial charge is 0.252 e. The fraction of sp³-hybridized carbons (Fsp3) is 0.318. The summed E-state index contributed by atoms with van der Waals surface area (Å²) < 4.78 is 5.83. The number of hydrogen-bond acceptors (Lipinski definition) is 8. The third kappa shape index (κ3) is 6.11. The average molecular weight is 419 g/mol. The summed E-state index contributed by atoms with van der Waals surface area (Å²) in [4.78, 5) is 20.5. The molecule has 3 aromatic rings. The minimum Gasteiger partial charge on any atom is -0.474 e. The highest BCUT2D eigenvalue weighted by Crippen LogP contribution is 2.22. The van der Waals surface area contributed by atoms with Crippen LogP contribution in [0.15, 0.2) is 55.0 Å². The predicted molar refractivity (Wildman–Crippen MR) is 117 cm³/mol. The van der Waals surface area contributed by atoms with Crippen molar-refractivity contribution in [1.82, 2.24) is 25.5 Å². The molecule has 0 aromatic carbocycles. The minimum absolute atomic E-state index is 0.176. The summed E-state index contributed by atoms with van der Waals surface area (Å²) in [6.45, 7) is 0.964. The van der Waals surface area contributed by atoms with Crippen molar-refractivity contribution in [1.29, 1.82) is 0 Å². The van der Waals surface area contributed by atoms with Crippen molar-refractivity contribution >= 4 is 23.2 Å². The van der Waals surface area contributed by atoms with Crippen molar-refractivity contribution in [2.75, 3.05) is 23.7 Å². The van der Waals surface area contributed by atoms with Gasteiger partial charge < -0.3 is 20.7 Å². The molecule has 3 heterocycles. The van der Waals surface area contributed by atoms with Gasteiger partial charge in [-0.05, 0) is 56.0 Å². The van der Waals surface area contributed by atoms with Gasteiger partial charge in [-0.15, -0.1) is 10.2 Å². The molecule has 4 rings (SSSR count). The van der Waals surface area contributed by atoms with E-state index in [0.29, 0.717) is 36.2 Å². The first-order chi connectivity index (χ1) is 15.3. The van der Waals surface area contributed by atoms with E-state index >= 15 is 0 Å². The van der Waals surface area contributed by atoms with Crippen LogP contribution in [0.25, 0.3) is 0 Å². The topological polar surface area (TPSA) is 114 Å². The molecule has 1 saturated carbocycles. The van der Waals surface area contributed by atoms with Crippen molar-refractivity contribution in [3.05, 3.63) is 60.6 Å². The highest BCUT2D eigenvalue weighted by Gasteiger charge is 2.17. The quantitative estimate of drug-likeness (QED) is 0.453. The van der Waals surface area contributed by atoms with Crippen molar-refractivity contribution in [3.8, 4) is 5.88 Å². The first-order valence-electron chi connectivity index (χ1n) is 10.4. The van der Waals surface area contributed by atoms with Crippen LogP contribution in [0.3, 0.4) is 0 Å². The molecule has 0 spiro atoms. The summed E-state index contributed by atoms with van der Waals surface area (Å²) in [5.74, 6) is 1.66. The Morgan fingerprint density at radius 1 is 0.968 bits per heavy atom. The van der Waals surface area contributed by atoms with Gasteiger partial charge in [0, 0.05) is 43.4 Å². The third-order valence-corrected chi connectivity index (χ3v) is 4.92. The molecule has 9 nitrogen and oxygen atoms in total. The van der Waals surface area contributed by atoms with Crippen molar-refractivity contribution in [2.24, 2.45) is 0 Å². The maximum atomic E-state index is 12.3. The lowest BCUT2D eigenvalue weighted by Gasteiger charge is -2.12. The zero-order valence-electron chi connectivity index (χ0n) is 17.1. The van der Waals surface area contributed by atoms with E-state index in [4.69, 9.17) is 4.74 Å². The van der Waals surface area contributed by atoms with Crippen molar-refractivity contribution in [3.63, 3.8) is 0 Å². The molecule has 0 bridgehead atoms. The second-order valence-electron chi connectivity index (χ2n) is 7.26. The first kappa shape index (κ1) is 20.5. The lowest BCUT2D eigenvalue weighted by atomic mass is 10.2. The second kappa shape index (κ2) is 10.3. The number of carbonyl (C=O) groups excluding carboxylic acids is 1. The molecule has 31 heavy (non-hydrogen) atoms. The number of carbonyl (C=O) groups is 1. The molecule has 1 fully saturated rings. The van der Waals surface area contributed by atoms with Crippen LogP contribution in [-0.4, -0.2) is 45.3 Å². The van der Waals surface area contributed by atoms with E-state index in [2.05, 4.69) is 36.1 Å². The summed E-state index contributed by atoms with van der Waals surface area (Å²) in [5.41, 5.74) is 1.39. The first-order valence-corrected chi connectivity index (χ1v) is 10.4. The molecular formula is C22H25N7O2. The minimum atomic E-state index is -0.176. The van der Waals surface area contributed by atoms with E-state index in [1.54, 1.807) is 30.7 Å². The maximum Gasteiger partial charge on any atom is 0.252 e. The highest BCUT2D eigenvalue weighted by molar-refractivity contribution is 5.93. The van der Waals surface area contributed by atoms with E-state index in [9.17, 15) is 4.79 Å². The normalized spacial score (nSPS) is 13.5. The number of nitrogens with zero attached hydrogens (tertiary/aromatic N) is 4. The van der Waals surface area contributed by atoms with Gasteiger partial charge in [-0.1, -0.05) is 0 Å². The molecule has 3 N–H and O–H groups in total. The monoisotopic (exact) mass is 419 g/mol. The molecule has 1 amide bonds. The lowest BCUT2D eigenvalue weighted by Crippen LogP contribution is -2.29. The van der Waals surface area contributed by atoms with Gasteiger partial charge in [0.2, 0.25) is 5.88 Å². The van der Waals surface area contributed by atoms with E-state index in [1.165, 1.54) is 12.8 Å². The Morgan fingerprint density at radius 3 is 2.45 bits per heavy atom. The number of anilines is 3. The third-order valence-electron chi connectivity index (χ3n) is 4.92. The second-order valence-corrected chi connectivity index (χ2v) is 7.26. The number of aromatic nitrogens is 4. The van der Waals surface area contributed by atoms with Crippen LogP contribution in [0.2, 0.25) is 0 Å². The number of ether oxygens (including phenoxy) is 1. The van der Waals surface area contributed by atoms with Gasteiger partial charge in [0.15, 0.2) is 5.82 Å². The van der Waals surface area contributed by atoms with Gasteiger partial charge in [-0.3, -0.25) is 9.78 Å². The molecule has 1 aliphatic rings. The maximum absolute atomic E-state index is 12.3. The predicted octanol–water partition coefficient (Wildman–Crippen LogP) is 3.17. The van der Waals surface area contributed by atoms with E-state index in [0.717, 1.165) is 18.5 Å². The lowest BCUT2D eigenvalue weighted by molar-refractivity contribution is 0.0954. The molecule has 0 atom stereocenters. The summed E-state index contributed by atoms with van der Waals surface area (Å²) in [7, 11) is 0. The largest absolute Gasteiger partial charge is 0.474 e. The van der Waals surface area contributed by atoms with Crippen LogP contribution in [0.4, 0.5) is 17.3 Å². The molecule has 160 valence electrons. The summed E-state index contributed by atoms with van der Waals surface area (Å²) in [5, 5.41) is 17.4. The molecule has 0 aliphatic heterocycles. The summed E-state index contributed by atoms with van der Waals surface area (Å²) in [6, 6.07) is 10.8. The number of nitrogens with one attached hydrogen (secondary N) is 3. The average Bonchev–Trinajstić information content (AvgIpc) is 3.32. The number of amides is 1. The SMILES string of the molecule is O=C(NCCNc1ccc(Nc2ccncc2)nn1)c1ccc(OC2CCCC2)nc1. The molecular weight excluding hydrogens is 394 g/mol. The zero-order chi connectivity index (χ0) is 21.3. The van der Waals surface area contributed by atoms with Crippen LogP contribution in [-0.2, 0) is 0 Å². The Bertz CT molecular complexity index is 959. The van der Waals surface area contributed by atoms with Gasteiger partial charge in [0.1, 0.15) is 11.9 Å². The molecule has 0 unspecified atom stereocenters. The van der Waals surface area contributed by atoms with E-state index in [-0.39, 0.29) is 12.0 Å². The zero-order valence-corrected chi connectivity index (χ0v) is 17.1. The Kier molecular flexibility index (Phi) is 6.84. The van der Waals surface area contributed by atoms with E-state index in [1.807, 2.05) is 24.3 Å².